The molecule has 0 saturated carbocycles. The molecule has 5 heteroatoms. The van der Waals surface area contributed by atoms with Crippen molar-refractivity contribution in [2.24, 2.45) is 0 Å². The van der Waals surface area contributed by atoms with Gasteiger partial charge in [-0.25, -0.2) is 0 Å². The fraction of sp³-hybridized carbons (Fsp3) is 0.400. The third-order valence-corrected chi connectivity index (χ3v) is 2.07. The zero-order valence-corrected chi connectivity index (χ0v) is 18.9. The van der Waals surface area contributed by atoms with Gasteiger partial charge in [-0.15, -0.1) is 5.69 Å². The van der Waals surface area contributed by atoms with Gasteiger partial charge in [0.25, 0.3) is 0 Å². The Kier molecular flexibility index (Phi) is 11.0. The van der Waals surface area contributed by atoms with Crippen molar-refractivity contribution in [3.63, 3.8) is 0 Å². The molecule has 1 rings (SSSR count). The molecule has 0 aliphatic rings. The molecular weight excluding hydrogens is 618 g/mol. The van der Waals surface area contributed by atoms with E-state index in [0.717, 1.165) is 11.3 Å². The number of hydrogen-bond acceptors (Lipinski definition) is 2. The molecule has 0 unspecified atom stereocenters. The maximum atomic E-state index is 8.98. The molecule has 15 heavy (non-hydrogen) atoms. The summed E-state index contributed by atoms with van der Waals surface area (Å²) in [7, 11) is 3.90. The number of rotatable bonds is 2. The van der Waals surface area contributed by atoms with Crippen molar-refractivity contribution in [2.75, 3.05) is 19.0 Å². The molecule has 0 aromatic heterocycles. The summed E-state index contributed by atoms with van der Waals surface area (Å²) in [6.45, 7) is 1.90. The van der Waals surface area contributed by atoms with E-state index in [2.05, 4.69) is 0 Å². The van der Waals surface area contributed by atoms with E-state index in [9.17, 15) is 0 Å². The van der Waals surface area contributed by atoms with Crippen molar-refractivity contribution in [1.82, 2.24) is 0 Å². The number of hydrogen-bond donors (Lipinski definition) is 1. The molecule has 1 aromatic carbocycles. The van der Waals surface area contributed by atoms with Crippen molar-refractivity contribution >= 4 is 11.4 Å². The summed E-state index contributed by atoms with van der Waals surface area (Å²) in [5.41, 5.74) is 10.8. The molecule has 3 nitrogen and oxygen atoms in total. The van der Waals surface area contributed by atoms with Crippen LogP contribution in [-0.2, 0) is 6.61 Å². The molecule has 0 bridgehead atoms. The van der Waals surface area contributed by atoms with Gasteiger partial charge in [-0.3, -0.25) is 0 Å². The van der Waals surface area contributed by atoms with Gasteiger partial charge >= 0.3 is 0 Å². The molecule has 0 heterocycles. The van der Waals surface area contributed by atoms with Gasteiger partial charge in [0.15, 0.2) is 0 Å². The second kappa shape index (κ2) is 8.71. The van der Waals surface area contributed by atoms with Crippen LogP contribution in [0.25, 0.3) is 5.73 Å². The minimum Gasteiger partial charge on any atom is -0.698 e. The zero-order valence-electron chi connectivity index (χ0n) is 9.41. The number of aliphatic hydroxyl groups excluding tert-OH is 1. The Balaban J connectivity index is 0. The second-order valence-corrected chi connectivity index (χ2v) is 3.35. The first-order chi connectivity index (χ1) is 6.06. The molecule has 0 saturated heterocycles. The van der Waals surface area contributed by atoms with Gasteiger partial charge in [0.2, 0.25) is 0 Å². The van der Waals surface area contributed by atoms with Gasteiger partial charge in [0.05, 0.1) is 6.61 Å². The van der Waals surface area contributed by atoms with E-state index in [1.54, 1.807) is 6.07 Å². The molecule has 0 aliphatic heterocycles. The normalized spacial score (nSPS) is 8.80. The van der Waals surface area contributed by atoms with Crippen LogP contribution in [0.5, 0.6) is 0 Å². The van der Waals surface area contributed by atoms with E-state index in [1.165, 1.54) is 0 Å². The average Bonchev–Trinajstić information content (AvgIpc) is 2.03. The Morgan fingerprint density at radius 2 is 1.80 bits per heavy atom. The van der Waals surface area contributed by atoms with Crippen molar-refractivity contribution < 1.29 is 93.2 Å². The monoisotopic (exact) mass is 633 g/mol. The fourth-order valence-electron chi connectivity index (χ4n) is 1.35. The summed E-state index contributed by atoms with van der Waals surface area (Å²) >= 11 is 0. The van der Waals surface area contributed by atoms with Gasteiger partial charge < -0.3 is 15.7 Å². The van der Waals surface area contributed by atoms with E-state index >= 15 is 0 Å². The van der Waals surface area contributed by atoms with Crippen molar-refractivity contribution in [2.45, 2.75) is 13.5 Å². The van der Waals surface area contributed by atoms with Gasteiger partial charge in [0, 0.05) is 108 Å². The van der Waals surface area contributed by atoms with Crippen LogP contribution in [0.4, 0.5) is 11.4 Å². The summed E-state index contributed by atoms with van der Waals surface area (Å²) in [6, 6.07) is 3.64. The minimum absolute atomic E-state index is 0. The SMILES string of the molecule is Cc1cc([NH-])c(CO)cc1N(C)C.[Ac].[Ac]. The van der Waals surface area contributed by atoms with Gasteiger partial charge in [-0.2, -0.15) is 0 Å². The number of aryl methyl sites for hydroxylation is 1. The van der Waals surface area contributed by atoms with Crippen molar-refractivity contribution in [3.8, 4) is 0 Å². The van der Waals surface area contributed by atoms with Crippen LogP contribution < -0.4 is 4.90 Å². The average molecular weight is 633 g/mol. The molecule has 0 aliphatic carbocycles. The van der Waals surface area contributed by atoms with Crippen LogP contribution in [-0.4, -0.2) is 19.2 Å². The largest absolute Gasteiger partial charge is 0.698 e. The van der Waals surface area contributed by atoms with Gasteiger partial charge in [0.1, 0.15) is 0 Å². The molecule has 78 valence electrons. The maximum absolute atomic E-state index is 8.98. The smallest absolute Gasteiger partial charge is 0.0670 e. The first-order valence-corrected chi connectivity index (χ1v) is 4.19. The Hall–Kier alpha value is 1.66. The first kappa shape index (κ1) is 19.0. The van der Waals surface area contributed by atoms with Crippen LogP contribution in [0.2, 0.25) is 0 Å². The molecule has 0 spiro atoms. The molecule has 0 amide bonds. The maximum Gasteiger partial charge on any atom is 0.0670 e. The van der Waals surface area contributed by atoms with Crippen molar-refractivity contribution in [1.29, 1.82) is 0 Å². The molecule has 0 fully saturated rings. The Morgan fingerprint density at radius 3 is 2.20 bits per heavy atom. The molecule has 1 aromatic rings. The van der Waals surface area contributed by atoms with Crippen LogP contribution in [0.15, 0.2) is 12.1 Å². The van der Waals surface area contributed by atoms with E-state index in [-0.39, 0.29) is 94.7 Å². The molecular formula is C10H15Ac2N2O-. The topological polar surface area (TPSA) is 47.3 Å². The van der Waals surface area contributed by atoms with E-state index in [1.807, 2.05) is 32.0 Å². The Morgan fingerprint density at radius 1 is 1.27 bits per heavy atom. The van der Waals surface area contributed by atoms with Crippen LogP contribution in [0, 0.1) is 95.0 Å². The van der Waals surface area contributed by atoms with Gasteiger partial charge in [-0.1, -0.05) is 6.07 Å². The summed E-state index contributed by atoms with van der Waals surface area (Å²) in [4.78, 5) is 1.98. The predicted octanol–water partition coefficient (Wildman–Crippen LogP) is 2.24. The fourth-order valence-corrected chi connectivity index (χ4v) is 1.35. The van der Waals surface area contributed by atoms with Crippen LogP contribution in [0.1, 0.15) is 11.1 Å². The Labute approximate surface area is 163 Å². The standard InChI is InChI=1S/C10H15N2O.2Ac/c1-7-4-9(11)8(6-13)5-10(7)12(2)3;;/h4-5,11,13H,6H2,1-3H3;;/q-1;;. The zero-order chi connectivity index (χ0) is 10.0. The number of benzene rings is 1. The summed E-state index contributed by atoms with van der Waals surface area (Å²) in [5.74, 6) is 0. The van der Waals surface area contributed by atoms with Crippen molar-refractivity contribution in [3.05, 3.63) is 29.0 Å². The minimum atomic E-state index is -0.0695. The first-order valence-electron chi connectivity index (χ1n) is 4.19. The van der Waals surface area contributed by atoms with E-state index in [0.29, 0.717) is 11.3 Å². The number of anilines is 1. The molecule has 0 atom stereocenters. The predicted molar refractivity (Wildman–Crippen MR) is 55.4 cm³/mol. The Bertz CT molecular complexity index is 317. The number of aliphatic hydroxyl groups is 1. The number of nitrogens with one attached hydrogen (secondary N) is 1. The van der Waals surface area contributed by atoms with Crippen LogP contribution >= 0.6 is 0 Å². The quantitative estimate of drug-likeness (QED) is 0.544. The molecule has 2 N–H and O–H groups in total. The van der Waals surface area contributed by atoms with Gasteiger partial charge in [-0.05, 0) is 24.1 Å². The van der Waals surface area contributed by atoms with E-state index in [4.69, 9.17) is 10.8 Å². The van der Waals surface area contributed by atoms with Crippen LogP contribution in [0.3, 0.4) is 0 Å². The third kappa shape index (κ3) is 5.22. The summed E-state index contributed by atoms with van der Waals surface area (Å²) in [6.07, 6.45) is 0. The molecule has 2 radical (unpaired) electrons. The summed E-state index contributed by atoms with van der Waals surface area (Å²) < 4.78 is 0. The second-order valence-electron chi connectivity index (χ2n) is 3.35. The third-order valence-electron chi connectivity index (χ3n) is 2.07. The van der Waals surface area contributed by atoms with E-state index < -0.39 is 0 Å². The summed E-state index contributed by atoms with van der Waals surface area (Å²) in [5, 5.41) is 8.98. The number of nitrogens with zero attached hydrogens (tertiary/aromatic N) is 1.